The van der Waals surface area contributed by atoms with Crippen LogP contribution in [-0.4, -0.2) is 11.0 Å². The molecule has 0 amide bonds. The first-order chi connectivity index (χ1) is 7.86. The molecule has 3 heteroatoms. The maximum atomic E-state index is 5.63. The van der Waals surface area contributed by atoms with E-state index in [4.69, 9.17) is 5.73 Å². The lowest BCUT2D eigenvalue weighted by Gasteiger charge is -2.01. The summed E-state index contributed by atoms with van der Waals surface area (Å²) in [4.78, 5) is 3.31. The lowest BCUT2D eigenvalue weighted by atomic mass is 10.1. The Morgan fingerprint density at radius 3 is 3.00 bits per heavy atom. The summed E-state index contributed by atoms with van der Waals surface area (Å²) in [5, 5.41) is 4.85. The molecule has 3 rings (SSSR count). The van der Waals surface area contributed by atoms with E-state index in [2.05, 4.69) is 34.7 Å². The van der Waals surface area contributed by atoms with E-state index in [0.717, 1.165) is 12.6 Å². The zero-order valence-electron chi connectivity index (χ0n) is 9.29. The molecule has 0 unspecified atom stereocenters. The van der Waals surface area contributed by atoms with Crippen LogP contribution >= 0.6 is 0 Å². The van der Waals surface area contributed by atoms with Crippen molar-refractivity contribution in [2.75, 3.05) is 0 Å². The predicted molar refractivity (Wildman–Crippen MR) is 66.1 cm³/mol. The number of aromatic nitrogens is 1. The van der Waals surface area contributed by atoms with Crippen molar-refractivity contribution < 1.29 is 0 Å². The lowest BCUT2D eigenvalue weighted by Crippen LogP contribution is -2.14. The summed E-state index contributed by atoms with van der Waals surface area (Å²) in [5.41, 5.74) is 9.35. The minimum atomic E-state index is 0.602. The van der Waals surface area contributed by atoms with E-state index < -0.39 is 0 Å². The molecule has 1 aromatic heterocycles. The summed E-state index contributed by atoms with van der Waals surface area (Å²) in [6.45, 7) is 1.57. The van der Waals surface area contributed by atoms with Gasteiger partial charge in [-0.3, -0.25) is 0 Å². The zero-order chi connectivity index (χ0) is 11.0. The van der Waals surface area contributed by atoms with Crippen LogP contribution in [0.15, 0.2) is 24.4 Å². The summed E-state index contributed by atoms with van der Waals surface area (Å²) in [6.07, 6.45) is 4.76. The molecule has 0 bridgehead atoms. The monoisotopic (exact) mass is 215 g/mol. The normalized spacial score (nSPS) is 15.8. The van der Waals surface area contributed by atoms with Crippen molar-refractivity contribution in [3.63, 3.8) is 0 Å². The van der Waals surface area contributed by atoms with Crippen LogP contribution in [0, 0.1) is 0 Å². The smallest absolute Gasteiger partial charge is 0.0460 e. The number of hydrogen-bond acceptors (Lipinski definition) is 2. The molecule has 0 spiro atoms. The molecule has 2 aromatic rings. The van der Waals surface area contributed by atoms with Crippen molar-refractivity contribution in [2.45, 2.75) is 32.0 Å². The standard InChI is InChI=1S/C13H17N3/c14-6-9-1-4-12-10(7-15-11-2-3-11)8-16-13(12)5-9/h1,4-5,8,11,15-16H,2-3,6-7,14H2. The average Bonchev–Trinajstić information content (AvgIpc) is 3.06. The molecular formula is C13H17N3. The highest BCUT2D eigenvalue weighted by molar-refractivity contribution is 5.83. The first-order valence-electron chi connectivity index (χ1n) is 5.89. The first-order valence-corrected chi connectivity index (χ1v) is 5.89. The third-order valence-corrected chi connectivity index (χ3v) is 3.23. The van der Waals surface area contributed by atoms with Crippen molar-refractivity contribution in [3.05, 3.63) is 35.5 Å². The summed E-state index contributed by atoms with van der Waals surface area (Å²) >= 11 is 0. The average molecular weight is 215 g/mol. The van der Waals surface area contributed by atoms with Crippen LogP contribution in [0.2, 0.25) is 0 Å². The molecule has 0 aliphatic heterocycles. The number of nitrogens with two attached hydrogens (primary N) is 1. The van der Waals surface area contributed by atoms with Gasteiger partial charge in [-0.25, -0.2) is 0 Å². The molecule has 0 atom stereocenters. The van der Waals surface area contributed by atoms with Gasteiger partial charge in [0.2, 0.25) is 0 Å². The minimum Gasteiger partial charge on any atom is -0.361 e. The summed E-state index contributed by atoms with van der Waals surface area (Å²) in [5.74, 6) is 0. The third-order valence-electron chi connectivity index (χ3n) is 3.23. The van der Waals surface area contributed by atoms with E-state index in [1.54, 1.807) is 0 Å². The van der Waals surface area contributed by atoms with Gasteiger partial charge in [-0.2, -0.15) is 0 Å². The fraction of sp³-hybridized carbons (Fsp3) is 0.385. The number of hydrogen-bond donors (Lipinski definition) is 3. The second-order valence-corrected chi connectivity index (χ2v) is 4.55. The lowest BCUT2D eigenvalue weighted by molar-refractivity contribution is 0.691. The summed E-state index contributed by atoms with van der Waals surface area (Å²) in [7, 11) is 0. The first kappa shape index (κ1) is 9.87. The van der Waals surface area contributed by atoms with E-state index in [9.17, 15) is 0 Å². The molecule has 0 radical (unpaired) electrons. The van der Waals surface area contributed by atoms with Crippen LogP contribution in [0.1, 0.15) is 24.0 Å². The minimum absolute atomic E-state index is 0.602. The topological polar surface area (TPSA) is 53.8 Å². The van der Waals surface area contributed by atoms with E-state index in [-0.39, 0.29) is 0 Å². The van der Waals surface area contributed by atoms with Gasteiger partial charge >= 0.3 is 0 Å². The number of H-pyrrole nitrogens is 1. The second kappa shape index (κ2) is 3.92. The van der Waals surface area contributed by atoms with Crippen LogP contribution in [0.4, 0.5) is 0 Å². The number of benzene rings is 1. The molecule has 1 aliphatic rings. The number of rotatable bonds is 4. The van der Waals surface area contributed by atoms with Gasteiger partial charge in [0.25, 0.3) is 0 Å². The van der Waals surface area contributed by atoms with Crippen molar-refractivity contribution >= 4 is 10.9 Å². The molecule has 1 aromatic carbocycles. The van der Waals surface area contributed by atoms with Gasteiger partial charge in [0.05, 0.1) is 0 Å². The Bertz CT molecular complexity index is 497. The van der Waals surface area contributed by atoms with Gasteiger partial charge < -0.3 is 16.0 Å². The molecule has 1 heterocycles. The van der Waals surface area contributed by atoms with Crippen molar-refractivity contribution in [2.24, 2.45) is 5.73 Å². The quantitative estimate of drug-likeness (QED) is 0.729. The van der Waals surface area contributed by atoms with Crippen LogP contribution in [0.3, 0.4) is 0 Å². The van der Waals surface area contributed by atoms with E-state index >= 15 is 0 Å². The van der Waals surface area contributed by atoms with Gasteiger partial charge in [-0.15, -0.1) is 0 Å². The highest BCUT2D eigenvalue weighted by Gasteiger charge is 2.20. The zero-order valence-corrected chi connectivity index (χ0v) is 9.29. The van der Waals surface area contributed by atoms with E-state index in [0.29, 0.717) is 6.54 Å². The maximum absolute atomic E-state index is 5.63. The maximum Gasteiger partial charge on any atom is 0.0460 e. The predicted octanol–water partition coefficient (Wildman–Crippen LogP) is 1.88. The molecule has 4 N–H and O–H groups in total. The van der Waals surface area contributed by atoms with Crippen LogP contribution in [-0.2, 0) is 13.1 Å². The van der Waals surface area contributed by atoms with Gasteiger partial charge in [-0.1, -0.05) is 12.1 Å². The fourth-order valence-corrected chi connectivity index (χ4v) is 2.05. The Morgan fingerprint density at radius 1 is 1.38 bits per heavy atom. The van der Waals surface area contributed by atoms with Crippen LogP contribution in [0.5, 0.6) is 0 Å². The van der Waals surface area contributed by atoms with Crippen LogP contribution in [0.25, 0.3) is 10.9 Å². The highest BCUT2D eigenvalue weighted by atomic mass is 14.9. The fourth-order valence-electron chi connectivity index (χ4n) is 2.05. The van der Waals surface area contributed by atoms with Crippen molar-refractivity contribution in [1.82, 2.24) is 10.3 Å². The molecule has 84 valence electrons. The largest absolute Gasteiger partial charge is 0.361 e. The Morgan fingerprint density at radius 2 is 2.25 bits per heavy atom. The number of fused-ring (bicyclic) bond motifs is 1. The van der Waals surface area contributed by atoms with Gasteiger partial charge in [-0.05, 0) is 30.0 Å². The summed E-state index contributed by atoms with van der Waals surface area (Å²) in [6, 6.07) is 7.17. The molecular weight excluding hydrogens is 198 g/mol. The number of aromatic amines is 1. The second-order valence-electron chi connectivity index (χ2n) is 4.55. The molecule has 1 aliphatic carbocycles. The molecule has 1 saturated carbocycles. The van der Waals surface area contributed by atoms with E-state index in [1.807, 2.05) is 0 Å². The molecule has 16 heavy (non-hydrogen) atoms. The Labute approximate surface area is 95.0 Å². The van der Waals surface area contributed by atoms with Crippen LogP contribution < -0.4 is 11.1 Å². The third kappa shape index (κ3) is 1.84. The molecule has 0 saturated heterocycles. The van der Waals surface area contributed by atoms with Gasteiger partial charge in [0, 0.05) is 36.2 Å². The Hall–Kier alpha value is -1.32. The molecule has 1 fully saturated rings. The Balaban J connectivity index is 1.87. The summed E-state index contributed by atoms with van der Waals surface area (Å²) < 4.78 is 0. The Kier molecular flexibility index (Phi) is 2.42. The van der Waals surface area contributed by atoms with Crippen molar-refractivity contribution in [1.29, 1.82) is 0 Å². The van der Waals surface area contributed by atoms with Gasteiger partial charge in [0.15, 0.2) is 0 Å². The molecule has 3 nitrogen and oxygen atoms in total. The van der Waals surface area contributed by atoms with Gasteiger partial charge in [0.1, 0.15) is 0 Å². The SMILES string of the molecule is NCc1ccc2c(CNC3CC3)c[nH]c2c1. The highest BCUT2D eigenvalue weighted by Crippen LogP contribution is 2.22. The number of nitrogens with one attached hydrogen (secondary N) is 2. The van der Waals surface area contributed by atoms with E-state index in [1.165, 1.54) is 34.9 Å². The van der Waals surface area contributed by atoms with Crippen molar-refractivity contribution in [3.8, 4) is 0 Å².